The average Bonchev–Trinajstić information content (AvgIpc) is 3.16. The quantitative estimate of drug-likeness (QED) is 0.315. The first-order chi connectivity index (χ1) is 14.1. The lowest BCUT2D eigenvalue weighted by Gasteiger charge is -2.07. The van der Waals surface area contributed by atoms with Crippen molar-refractivity contribution in [3.05, 3.63) is 77.9 Å². The van der Waals surface area contributed by atoms with Gasteiger partial charge in [-0.1, -0.05) is 49.7 Å². The SMILES string of the molecule is CCCc1ccc(-c2ccc(-c3cc4ccc(OCC)c(F)c4s3)cc2)c(F)c1. The molecule has 1 aromatic heterocycles. The van der Waals surface area contributed by atoms with Crippen LogP contribution in [0.2, 0.25) is 0 Å². The fraction of sp³-hybridized carbons (Fsp3) is 0.200. The monoisotopic (exact) mass is 408 g/mol. The number of thiophene rings is 1. The van der Waals surface area contributed by atoms with Crippen LogP contribution in [0, 0.1) is 11.6 Å². The Morgan fingerprint density at radius 3 is 2.31 bits per heavy atom. The van der Waals surface area contributed by atoms with Crippen LogP contribution in [0.25, 0.3) is 31.7 Å². The Labute approximate surface area is 173 Å². The summed E-state index contributed by atoms with van der Waals surface area (Å²) in [5.74, 6) is -0.228. The molecule has 0 atom stereocenters. The van der Waals surface area contributed by atoms with Crippen molar-refractivity contribution < 1.29 is 13.5 Å². The van der Waals surface area contributed by atoms with Gasteiger partial charge in [0.25, 0.3) is 0 Å². The fourth-order valence-corrected chi connectivity index (χ4v) is 4.61. The highest BCUT2D eigenvalue weighted by molar-refractivity contribution is 7.22. The van der Waals surface area contributed by atoms with Gasteiger partial charge in [-0.15, -0.1) is 11.3 Å². The van der Waals surface area contributed by atoms with Crippen LogP contribution < -0.4 is 4.74 Å². The van der Waals surface area contributed by atoms with Crippen LogP contribution in [0.1, 0.15) is 25.8 Å². The predicted molar refractivity (Wildman–Crippen MR) is 118 cm³/mol. The molecule has 0 N–H and O–H groups in total. The molecule has 29 heavy (non-hydrogen) atoms. The van der Waals surface area contributed by atoms with Gasteiger partial charge in [0.1, 0.15) is 5.82 Å². The third kappa shape index (κ3) is 3.90. The van der Waals surface area contributed by atoms with Gasteiger partial charge in [-0.05, 0) is 59.7 Å². The Morgan fingerprint density at radius 1 is 0.862 bits per heavy atom. The fourth-order valence-electron chi connectivity index (χ4n) is 3.51. The van der Waals surface area contributed by atoms with Crippen LogP contribution in [0.15, 0.2) is 60.7 Å². The van der Waals surface area contributed by atoms with Crippen molar-refractivity contribution in [1.29, 1.82) is 0 Å². The summed E-state index contributed by atoms with van der Waals surface area (Å²) >= 11 is 1.40. The molecule has 0 amide bonds. The molecule has 1 heterocycles. The van der Waals surface area contributed by atoms with Gasteiger partial charge in [0.05, 0.1) is 11.3 Å². The van der Waals surface area contributed by atoms with E-state index < -0.39 is 0 Å². The van der Waals surface area contributed by atoms with Crippen LogP contribution in [0.5, 0.6) is 5.75 Å². The molecule has 148 valence electrons. The van der Waals surface area contributed by atoms with Gasteiger partial charge in [-0.3, -0.25) is 0 Å². The van der Waals surface area contributed by atoms with E-state index in [4.69, 9.17) is 4.74 Å². The van der Waals surface area contributed by atoms with Gasteiger partial charge >= 0.3 is 0 Å². The van der Waals surface area contributed by atoms with Gasteiger partial charge in [-0.25, -0.2) is 8.78 Å². The Balaban J connectivity index is 1.65. The van der Waals surface area contributed by atoms with Crippen LogP contribution >= 0.6 is 11.3 Å². The summed E-state index contributed by atoms with van der Waals surface area (Å²) in [5.41, 5.74) is 3.43. The largest absolute Gasteiger partial charge is 0.491 e. The van der Waals surface area contributed by atoms with E-state index in [0.29, 0.717) is 16.9 Å². The van der Waals surface area contributed by atoms with E-state index in [2.05, 4.69) is 6.92 Å². The van der Waals surface area contributed by atoms with Crippen molar-refractivity contribution in [2.45, 2.75) is 26.7 Å². The highest BCUT2D eigenvalue weighted by Gasteiger charge is 2.13. The third-order valence-corrected chi connectivity index (χ3v) is 6.14. The standard InChI is InChI=1S/C25H22F2OS/c1-3-5-16-6-12-20(21(26)14-16)17-7-9-18(10-8-17)23-15-19-11-13-22(28-4-2)24(27)25(19)29-23/h6-15H,3-5H2,1-2H3. The van der Waals surface area contributed by atoms with Crippen molar-refractivity contribution in [2.24, 2.45) is 0 Å². The number of rotatable bonds is 6. The smallest absolute Gasteiger partial charge is 0.182 e. The molecule has 4 aromatic rings. The first-order valence-corrected chi connectivity index (χ1v) is 10.7. The van der Waals surface area contributed by atoms with Crippen LogP contribution in [-0.2, 0) is 6.42 Å². The molecule has 1 nitrogen and oxygen atoms in total. The maximum Gasteiger partial charge on any atom is 0.182 e. The summed E-state index contributed by atoms with van der Waals surface area (Å²) in [5, 5.41) is 0.854. The summed E-state index contributed by atoms with van der Waals surface area (Å²) in [7, 11) is 0. The number of benzene rings is 3. The van der Waals surface area contributed by atoms with Crippen molar-refractivity contribution in [1.82, 2.24) is 0 Å². The summed E-state index contributed by atoms with van der Waals surface area (Å²) in [6.45, 7) is 4.35. The first kappa shape index (κ1) is 19.6. The number of hydrogen-bond acceptors (Lipinski definition) is 2. The molecule has 0 aliphatic carbocycles. The van der Waals surface area contributed by atoms with Crippen molar-refractivity contribution in [3.8, 4) is 27.3 Å². The minimum atomic E-state index is -0.313. The number of ether oxygens (including phenoxy) is 1. The molecular formula is C25H22F2OS. The second-order valence-corrected chi connectivity index (χ2v) is 8.03. The number of halogens is 2. The summed E-state index contributed by atoms with van der Waals surface area (Å²) < 4.78 is 35.1. The molecule has 0 saturated carbocycles. The lowest BCUT2D eigenvalue weighted by atomic mass is 10.00. The molecule has 0 unspecified atom stereocenters. The van der Waals surface area contributed by atoms with E-state index in [1.807, 2.05) is 55.5 Å². The third-order valence-electron chi connectivity index (χ3n) is 4.94. The van der Waals surface area contributed by atoms with E-state index >= 15 is 0 Å². The molecule has 0 aliphatic heterocycles. The molecule has 0 saturated heterocycles. The first-order valence-electron chi connectivity index (χ1n) is 9.84. The van der Waals surface area contributed by atoms with Crippen molar-refractivity contribution in [3.63, 3.8) is 0 Å². The van der Waals surface area contributed by atoms with E-state index in [0.717, 1.165) is 39.8 Å². The van der Waals surface area contributed by atoms with Crippen LogP contribution in [0.4, 0.5) is 8.78 Å². The molecule has 0 spiro atoms. The van der Waals surface area contributed by atoms with Gasteiger partial charge in [0.2, 0.25) is 0 Å². The number of fused-ring (bicyclic) bond motifs is 1. The number of aryl methyl sites for hydroxylation is 1. The summed E-state index contributed by atoms with van der Waals surface area (Å²) in [6, 6.07) is 18.7. The minimum absolute atomic E-state index is 0.198. The second kappa shape index (κ2) is 8.34. The van der Waals surface area contributed by atoms with E-state index in [9.17, 15) is 8.78 Å². The zero-order valence-electron chi connectivity index (χ0n) is 16.5. The van der Waals surface area contributed by atoms with Crippen LogP contribution in [-0.4, -0.2) is 6.61 Å². The van der Waals surface area contributed by atoms with E-state index in [-0.39, 0.29) is 17.4 Å². The molecule has 4 heteroatoms. The zero-order chi connectivity index (χ0) is 20.4. The Bertz CT molecular complexity index is 1150. The molecule has 3 aromatic carbocycles. The molecular weight excluding hydrogens is 386 g/mol. The highest BCUT2D eigenvalue weighted by Crippen LogP contribution is 2.38. The van der Waals surface area contributed by atoms with E-state index in [1.54, 1.807) is 12.1 Å². The Morgan fingerprint density at radius 2 is 1.62 bits per heavy atom. The minimum Gasteiger partial charge on any atom is -0.491 e. The molecule has 0 bridgehead atoms. The predicted octanol–water partition coefficient (Wildman–Crippen LogP) is 7.86. The molecule has 0 aliphatic rings. The van der Waals surface area contributed by atoms with Gasteiger partial charge < -0.3 is 4.74 Å². The normalized spacial score (nSPS) is 11.2. The maximum absolute atomic E-state index is 14.6. The second-order valence-electron chi connectivity index (χ2n) is 6.98. The van der Waals surface area contributed by atoms with Crippen molar-refractivity contribution in [2.75, 3.05) is 6.61 Å². The lowest BCUT2D eigenvalue weighted by Crippen LogP contribution is -1.93. The molecule has 0 fully saturated rings. The highest BCUT2D eigenvalue weighted by atomic mass is 32.1. The molecule has 4 rings (SSSR count). The Kier molecular flexibility index (Phi) is 5.63. The Hall–Kier alpha value is -2.72. The van der Waals surface area contributed by atoms with Crippen molar-refractivity contribution >= 4 is 21.4 Å². The van der Waals surface area contributed by atoms with Gasteiger partial charge in [-0.2, -0.15) is 0 Å². The average molecular weight is 409 g/mol. The number of hydrogen-bond donors (Lipinski definition) is 0. The summed E-state index contributed by atoms with van der Waals surface area (Å²) in [4.78, 5) is 0.970. The zero-order valence-corrected chi connectivity index (χ0v) is 17.3. The lowest BCUT2D eigenvalue weighted by molar-refractivity contribution is 0.323. The van der Waals surface area contributed by atoms with Gasteiger partial charge in [0.15, 0.2) is 11.6 Å². The maximum atomic E-state index is 14.6. The van der Waals surface area contributed by atoms with E-state index in [1.165, 1.54) is 11.3 Å². The summed E-state index contributed by atoms with van der Waals surface area (Å²) in [6.07, 6.45) is 1.87. The van der Waals surface area contributed by atoms with Crippen LogP contribution in [0.3, 0.4) is 0 Å². The van der Waals surface area contributed by atoms with Gasteiger partial charge in [0, 0.05) is 10.4 Å². The topological polar surface area (TPSA) is 9.23 Å². The molecule has 0 radical (unpaired) electrons.